The van der Waals surface area contributed by atoms with Gasteiger partial charge >= 0.3 is 0 Å². The minimum atomic E-state index is -0.265. The molecule has 1 atom stereocenters. The predicted molar refractivity (Wildman–Crippen MR) is 108 cm³/mol. The molecule has 146 valence electrons. The second-order valence-corrected chi connectivity index (χ2v) is 8.56. The monoisotopic (exact) mass is 408 g/mol. The Kier molecular flexibility index (Phi) is 7.01. The number of carbonyl (C=O) groups excluding carboxylic acids is 1. The van der Waals surface area contributed by atoms with Crippen LogP contribution in [0.25, 0.3) is 11.4 Å². The molecule has 0 spiro atoms. The number of nitrogens with one attached hydrogen (secondary N) is 2. The maximum atomic E-state index is 12.4. The van der Waals surface area contributed by atoms with Gasteiger partial charge < -0.3 is 10.1 Å². The first-order valence-corrected chi connectivity index (χ1v) is 10.5. The lowest BCUT2D eigenvalue weighted by molar-refractivity contribution is -0.120. The molecule has 0 radical (unpaired) electrons. The molecular formula is C19H25ClN4O2S. The molecule has 1 heterocycles. The topological polar surface area (TPSA) is 79.9 Å². The zero-order valence-electron chi connectivity index (χ0n) is 15.6. The van der Waals surface area contributed by atoms with Crippen molar-refractivity contribution in [2.75, 3.05) is 13.7 Å². The molecule has 0 bridgehead atoms. The van der Waals surface area contributed by atoms with Gasteiger partial charge in [0.2, 0.25) is 11.1 Å². The molecular weight excluding hydrogens is 384 g/mol. The number of aromatic amines is 1. The molecule has 1 aliphatic carbocycles. The summed E-state index contributed by atoms with van der Waals surface area (Å²) in [4.78, 5) is 16.9. The van der Waals surface area contributed by atoms with Gasteiger partial charge in [-0.25, -0.2) is 4.98 Å². The van der Waals surface area contributed by atoms with E-state index in [1.165, 1.54) is 43.9 Å². The van der Waals surface area contributed by atoms with Crippen molar-refractivity contribution in [1.82, 2.24) is 20.5 Å². The molecule has 0 saturated heterocycles. The molecule has 6 nitrogen and oxygen atoms in total. The van der Waals surface area contributed by atoms with Gasteiger partial charge in [0.05, 0.1) is 17.9 Å². The molecule has 3 rings (SSSR count). The van der Waals surface area contributed by atoms with Crippen molar-refractivity contribution in [2.45, 2.75) is 49.4 Å². The zero-order chi connectivity index (χ0) is 19.2. The average Bonchev–Trinajstić information content (AvgIpc) is 3.15. The van der Waals surface area contributed by atoms with Crippen LogP contribution in [0, 0.1) is 5.92 Å². The quantitative estimate of drug-likeness (QED) is 0.667. The Labute approximate surface area is 168 Å². The molecule has 1 aromatic carbocycles. The highest BCUT2D eigenvalue weighted by atomic mass is 35.5. The molecule has 1 aliphatic rings. The van der Waals surface area contributed by atoms with Crippen LogP contribution in [0.1, 0.15) is 39.0 Å². The fraction of sp³-hybridized carbons (Fsp3) is 0.526. The third-order valence-electron chi connectivity index (χ3n) is 4.82. The Hall–Kier alpha value is -1.73. The molecule has 27 heavy (non-hydrogen) atoms. The molecule has 0 aliphatic heterocycles. The number of benzene rings is 1. The number of halogens is 1. The number of hydrogen-bond acceptors (Lipinski definition) is 5. The summed E-state index contributed by atoms with van der Waals surface area (Å²) in [6.45, 7) is 2.64. The van der Waals surface area contributed by atoms with Crippen LogP contribution >= 0.6 is 23.4 Å². The number of carbonyl (C=O) groups is 1. The van der Waals surface area contributed by atoms with Crippen LogP contribution in [-0.2, 0) is 4.79 Å². The van der Waals surface area contributed by atoms with Crippen molar-refractivity contribution >= 4 is 29.3 Å². The molecule has 2 N–H and O–H groups in total. The molecule has 1 aromatic heterocycles. The van der Waals surface area contributed by atoms with E-state index < -0.39 is 0 Å². The maximum Gasteiger partial charge on any atom is 0.233 e. The average molecular weight is 409 g/mol. The first-order valence-electron chi connectivity index (χ1n) is 9.27. The summed E-state index contributed by atoms with van der Waals surface area (Å²) in [7, 11) is 1.59. The molecule has 1 fully saturated rings. The molecule has 1 unspecified atom stereocenters. The second kappa shape index (κ2) is 9.46. The highest BCUT2D eigenvalue weighted by Crippen LogP contribution is 2.31. The SMILES string of the molecule is COc1ccc(Cl)cc1-c1nc(SC(C)C(=O)NCC2CCCCC2)n[nH]1. The highest BCUT2D eigenvalue weighted by Gasteiger charge is 2.20. The Bertz CT molecular complexity index is 777. The number of thioether (sulfide) groups is 1. The van der Waals surface area contributed by atoms with Crippen molar-refractivity contribution in [2.24, 2.45) is 5.92 Å². The third kappa shape index (κ3) is 5.39. The fourth-order valence-corrected chi connectivity index (χ4v) is 4.20. The van der Waals surface area contributed by atoms with E-state index in [4.69, 9.17) is 16.3 Å². The Morgan fingerprint density at radius 3 is 2.93 bits per heavy atom. The summed E-state index contributed by atoms with van der Waals surface area (Å²) in [5.41, 5.74) is 0.735. The number of methoxy groups -OCH3 is 1. The van der Waals surface area contributed by atoms with Crippen molar-refractivity contribution in [3.8, 4) is 17.1 Å². The maximum absolute atomic E-state index is 12.4. The van der Waals surface area contributed by atoms with Crippen molar-refractivity contribution in [1.29, 1.82) is 0 Å². The summed E-state index contributed by atoms with van der Waals surface area (Å²) in [5.74, 6) is 1.86. The van der Waals surface area contributed by atoms with Gasteiger partial charge in [-0.15, -0.1) is 5.10 Å². The molecule has 2 aromatic rings. The van der Waals surface area contributed by atoms with Crippen LogP contribution < -0.4 is 10.1 Å². The van der Waals surface area contributed by atoms with Gasteiger partial charge in [0.15, 0.2) is 5.82 Å². The van der Waals surface area contributed by atoms with Crippen LogP contribution in [0.4, 0.5) is 0 Å². The first kappa shape index (κ1) is 20.0. The van der Waals surface area contributed by atoms with Crippen LogP contribution in [-0.4, -0.2) is 40.0 Å². The predicted octanol–water partition coefficient (Wildman–Crippen LogP) is 4.31. The van der Waals surface area contributed by atoms with Crippen molar-refractivity contribution < 1.29 is 9.53 Å². The van der Waals surface area contributed by atoms with Crippen LogP contribution in [0.2, 0.25) is 5.02 Å². The summed E-state index contributed by atoms with van der Waals surface area (Å²) < 4.78 is 5.36. The second-order valence-electron chi connectivity index (χ2n) is 6.82. The van der Waals surface area contributed by atoms with Gasteiger partial charge in [0, 0.05) is 11.6 Å². The Morgan fingerprint density at radius 2 is 2.19 bits per heavy atom. The van der Waals surface area contributed by atoms with E-state index in [2.05, 4.69) is 20.5 Å². The van der Waals surface area contributed by atoms with E-state index in [0.717, 1.165) is 12.1 Å². The number of nitrogens with zero attached hydrogens (tertiary/aromatic N) is 2. The smallest absolute Gasteiger partial charge is 0.233 e. The van der Waals surface area contributed by atoms with Gasteiger partial charge in [0.1, 0.15) is 5.75 Å². The number of hydrogen-bond donors (Lipinski definition) is 2. The number of aromatic nitrogens is 3. The van der Waals surface area contributed by atoms with E-state index >= 15 is 0 Å². The number of H-pyrrole nitrogens is 1. The summed E-state index contributed by atoms with van der Waals surface area (Å²) >= 11 is 7.41. The summed E-state index contributed by atoms with van der Waals surface area (Å²) in [6.07, 6.45) is 6.30. The minimum Gasteiger partial charge on any atom is -0.496 e. The lowest BCUT2D eigenvalue weighted by Crippen LogP contribution is -2.35. The summed E-state index contributed by atoms with van der Waals surface area (Å²) in [6, 6.07) is 5.32. The standard InChI is InChI=1S/C19H25ClN4O2S/c1-12(18(25)21-11-13-6-4-3-5-7-13)27-19-22-17(23-24-19)15-10-14(20)8-9-16(15)26-2/h8-10,12-13H,3-7,11H2,1-2H3,(H,21,25)(H,22,23,24). The van der Waals surface area contributed by atoms with E-state index in [9.17, 15) is 4.79 Å². The first-order chi connectivity index (χ1) is 13.1. The Morgan fingerprint density at radius 1 is 1.41 bits per heavy atom. The van der Waals surface area contributed by atoms with Crippen LogP contribution in [0.3, 0.4) is 0 Å². The fourth-order valence-electron chi connectivity index (χ4n) is 3.28. The number of amides is 1. The van der Waals surface area contributed by atoms with Gasteiger partial charge in [-0.3, -0.25) is 9.89 Å². The van der Waals surface area contributed by atoms with Gasteiger partial charge in [-0.1, -0.05) is 42.6 Å². The van der Waals surface area contributed by atoms with Crippen LogP contribution in [0.5, 0.6) is 5.75 Å². The van der Waals surface area contributed by atoms with Gasteiger partial charge in [0.25, 0.3) is 0 Å². The lowest BCUT2D eigenvalue weighted by atomic mass is 9.89. The molecule has 8 heteroatoms. The number of rotatable bonds is 7. The van der Waals surface area contributed by atoms with Crippen molar-refractivity contribution in [3.05, 3.63) is 23.2 Å². The summed E-state index contributed by atoms with van der Waals surface area (Å²) in [5, 5.41) is 11.0. The van der Waals surface area contributed by atoms with E-state index in [0.29, 0.717) is 27.7 Å². The third-order valence-corrected chi connectivity index (χ3v) is 6.02. The highest BCUT2D eigenvalue weighted by molar-refractivity contribution is 8.00. The zero-order valence-corrected chi connectivity index (χ0v) is 17.2. The normalized spacial score (nSPS) is 16.1. The largest absolute Gasteiger partial charge is 0.496 e. The van der Waals surface area contributed by atoms with Gasteiger partial charge in [-0.2, -0.15) is 0 Å². The van der Waals surface area contributed by atoms with Crippen LogP contribution in [0.15, 0.2) is 23.4 Å². The molecule has 1 saturated carbocycles. The van der Waals surface area contributed by atoms with E-state index in [-0.39, 0.29) is 11.2 Å². The van der Waals surface area contributed by atoms with Crippen molar-refractivity contribution in [3.63, 3.8) is 0 Å². The number of ether oxygens (including phenoxy) is 1. The van der Waals surface area contributed by atoms with E-state index in [1.807, 2.05) is 6.92 Å². The van der Waals surface area contributed by atoms with E-state index in [1.54, 1.807) is 25.3 Å². The van der Waals surface area contributed by atoms with Gasteiger partial charge in [-0.05, 0) is 43.9 Å². The lowest BCUT2D eigenvalue weighted by Gasteiger charge is -2.22. The molecule has 1 amide bonds. The minimum absolute atomic E-state index is 0.0252. The Balaban J connectivity index is 1.58.